The number of non-ortho nitro benzene ring substituents is 1. The van der Waals surface area contributed by atoms with Crippen LogP contribution in [0, 0.1) is 10.1 Å². The number of ether oxygens (including phenoxy) is 1. The molecule has 3 rings (SSSR count). The van der Waals surface area contributed by atoms with Crippen LogP contribution < -0.4 is 15.4 Å². The maximum absolute atomic E-state index is 12.4. The lowest BCUT2D eigenvalue weighted by Crippen LogP contribution is -2.30. The van der Waals surface area contributed by atoms with E-state index >= 15 is 0 Å². The number of amides is 2. The minimum atomic E-state index is -0.770. The summed E-state index contributed by atoms with van der Waals surface area (Å²) >= 11 is 6.05. The fourth-order valence-corrected chi connectivity index (χ4v) is 2.91. The van der Waals surface area contributed by atoms with Crippen molar-refractivity contribution in [3.63, 3.8) is 0 Å². The van der Waals surface area contributed by atoms with Crippen LogP contribution in [-0.4, -0.2) is 22.8 Å². The SMILES string of the molecule is CC(Oc1ccccc1Cl)C(=O)Nc1ccc(NC(=O)/C=C/c2ccc([N+](=O)[O-])cc2)cc1. The van der Waals surface area contributed by atoms with Crippen molar-refractivity contribution in [2.45, 2.75) is 13.0 Å². The van der Waals surface area contributed by atoms with E-state index in [1.54, 1.807) is 73.7 Å². The maximum atomic E-state index is 12.4. The minimum absolute atomic E-state index is 0.0198. The van der Waals surface area contributed by atoms with Crippen LogP contribution in [0.25, 0.3) is 6.08 Å². The zero-order chi connectivity index (χ0) is 23.8. The van der Waals surface area contributed by atoms with E-state index in [2.05, 4.69) is 10.6 Å². The zero-order valence-electron chi connectivity index (χ0n) is 17.5. The topological polar surface area (TPSA) is 111 Å². The summed E-state index contributed by atoms with van der Waals surface area (Å²) < 4.78 is 5.60. The molecule has 0 bridgehead atoms. The van der Waals surface area contributed by atoms with Crippen molar-refractivity contribution < 1.29 is 19.2 Å². The molecule has 0 heterocycles. The van der Waals surface area contributed by atoms with Gasteiger partial charge in [0.15, 0.2) is 6.10 Å². The summed E-state index contributed by atoms with van der Waals surface area (Å²) in [5, 5.41) is 16.5. The Bertz CT molecular complexity index is 1180. The second kappa shape index (κ2) is 10.9. The molecular formula is C24H20ClN3O5. The first-order valence-corrected chi connectivity index (χ1v) is 10.3. The second-order valence-electron chi connectivity index (χ2n) is 6.93. The number of nitro groups is 1. The zero-order valence-corrected chi connectivity index (χ0v) is 18.3. The first-order valence-electron chi connectivity index (χ1n) is 9.87. The van der Waals surface area contributed by atoms with Crippen molar-refractivity contribution in [3.8, 4) is 5.75 Å². The molecule has 3 aromatic rings. The van der Waals surface area contributed by atoms with Crippen LogP contribution in [0.4, 0.5) is 17.1 Å². The highest BCUT2D eigenvalue weighted by Gasteiger charge is 2.16. The van der Waals surface area contributed by atoms with Gasteiger partial charge in [0.05, 0.1) is 9.95 Å². The summed E-state index contributed by atoms with van der Waals surface area (Å²) in [5.41, 5.74) is 1.70. The molecular weight excluding hydrogens is 446 g/mol. The third-order valence-electron chi connectivity index (χ3n) is 4.46. The second-order valence-corrected chi connectivity index (χ2v) is 7.34. The van der Waals surface area contributed by atoms with Gasteiger partial charge < -0.3 is 15.4 Å². The number of rotatable bonds is 8. The number of para-hydroxylation sites is 1. The summed E-state index contributed by atoms with van der Waals surface area (Å²) in [7, 11) is 0. The molecule has 0 radical (unpaired) electrons. The van der Waals surface area contributed by atoms with Crippen LogP contribution in [0.2, 0.25) is 5.02 Å². The number of carbonyl (C=O) groups excluding carboxylic acids is 2. The molecule has 1 atom stereocenters. The van der Waals surface area contributed by atoms with Gasteiger partial charge in [-0.1, -0.05) is 23.7 Å². The average molecular weight is 466 g/mol. The Morgan fingerprint density at radius 1 is 0.970 bits per heavy atom. The standard InChI is InChI=1S/C24H20ClN3O5/c1-16(33-22-5-3-2-4-21(22)25)24(30)27-19-11-9-18(10-12-19)26-23(29)15-8-17-6-13-20(14-7-17)28(31)32/h2-16H,1H3,(H,26,29)(H,27,30)/b15-8+. The van der Waals surface area contributed by atoms with Crippen LogP contribution in [-0.2, 0) is 9.59 Å². The van der Waals surface area contributed by atoms with Gasteiger partial charge in [0, 0.05) is 29.6 Å². The third kappa shape index (κ3) is 6.91. The van der Waals surface area contributed by atoms with Crippen molar-refractivity contribution in [1.82, 2.24) is 0 Å². The molecule has 0 saturated heterocycles. The summed E-state index contributed by atoms with van der Waals surface area (Å²) in [5.74, 6) is -0.300. The van der Waals surface area contributed by atoms with Crippen LogP contribution in [0.3, 0.4) is 0 Å². The predicted molar refractivity (Wildman–Crippen MR) is 127 cm³/mol. The van der Waals surface area contributed by atoms with Crippen molar-refractivity contribution >= 4 is 46.6 Å². The molecule has 2 amide bonds. The van der Waals surface area contributed by atoms with Crippen molar-refractivity contribution in [1.29, 1.82) is 0 Å². The Kier molecular flexibility index (Phi) is 7.77. The van der Waals surface area contributed by atoms with E-state index in [0.717, 1.165) is 0 Å². The van der Waals surface area contributed by atoms with E-state index in [4.69, 9.17) is 16.3 Å². The number of anilines is 2. The van der Waals surface area contributed by atoms with Crippen LogP contribution >= 0.6 is 11.6 Å². The number of hydrogen-bond acceptors (Lipinski definition) is 5. The molecule has 0 aliphatic carbocycles. The van der Waals surface area contributed by atoms with E-state index in [-0.39, 0.29) is 17.5 Å². The van der Waals surface area contributed by atoms with Crippen molar-refractivity contribution in [2.75, 3.05) is 10.6 Å². The van der Waals surface area contributed by atoms with E-state index in [0.29, 0.717) is 27.7 Å². The molecule has 168 valence electrons. The van der Waals surface area contributed by atoms with Gasteiger partial charge in [0.2, 0.25) is 5.91 Å². The molecule has 3 aromatic carbocycles. The fraction of sp³-hybridized carbons (Fsp3) is 0.0833. The Labute approximate surface area is 195 Å². The first-order chi connectivity index (χ1) is 15.8. The van der Waals surface area contributed by atoms with Crippen molar-refractivity contribution in [3.05, 3.63) is 99.6 Å². The highest BCUT2D eigenvalue weighted by atomic mass is 35.5. The Hall–Kier alpha value is -4.17. The number of halogens is 1. The molecule has 0 aromatic heterocycles. The normalized spacial score (nSPS) is 11.6. The van der Waals surface area contributed by atoms with Gasteiger partial charge in [-0.2, -0.15) is 0 Å². The van der Waals surface area contributed by atoms with E-state index in [1.807, 2.05) is 0 Å². The number of hydrogen-bond donors (Lipinski definition) is 2. The molecule has 8 nitrogen and oxygen atoms in total. The molecule has 0 saturated carbocycles. The van der Waals surface area contributed by atoms with E-state index in [9.17, 15) is 19.7 Å². The number of nitrogens with zero attached hydrogens (tertiary/aromatic N) is 1. The fourth-order valence-electron chi connectivity index (χ4n) is 2.73. The number of carbonyl (C=O) groups is 2. The minimum Gasteiger partial charge on any atom is -0.479 e. The van der Waals surface area contributed by atoms with Gasteiger partial charge in [-0.3, -0.25) is 19.7 Å². The smallest absolute Gasteiger partial charge is 0.269 e. The molecule has 0 fully saturated rings. The number of nitrogens with one attached hydrogen (secondary N) is 2. The summed E-state index contributed by atoms with van der Waals surface area (Å²) in [6.07, 6.45) is 2.10. The highest BCUT2D eigenvalue weighted by molar-refractivity contribution is 6.32. The molecule has 0 aliphatic heterocycles. The third-order valence-corrected chi connectivity index (χ3v) is 4.77. The highest BCUT2D eigenvalue weighted by Crippen LogP contribution is 2.24. The molecule has 9 heteroatoms. The van der Waals surface area contributed by atoms with Gasteiger partial charge in [-0.05, 0) is 67.1 Å². The monoisotopic (exact) mass is 465 g/mol. The van der Waals surface area contributed by atoms with E-state index in [1.165, 1.54) is 18.2 Å². The Morgan fingerprint density at radius 2 is 1.58 bits per heavy atom. The number of nitro benzene ring substituents is 1. The van der Waals surface area contributed by atoms with Gasteiger partial charge in [0.1, 0.15) is 5.75 Å². The lowest BCUT2D eigenvalue weighted by Gasteiger charge is -2.15. The summed E-state index contributed by atoms with van der Waals surface area (Å²) in [6.45, 7) is 1.62. The molecule has 1 unspecified atom stereocenters. The molecule has 0 aliphatic rings. The number of benzene rings is 3. The van der Waals surface area contributed by atoms with Crippen LogP contribution in [0.1, 0.15) is 12.5 Å². The Balaban J connectivity index is 1.52. The maximum Gasteiger partial charge on any atom is 0.269 e. The Morgan fingerprint density at radius 3 is 2.18 bits per heavy atom. The van der Waals surface area contributed by atoms with Gasteiger partial charge in [-0.15, -0.1) is 0 Å². The largest absolute Gasteiger partial charge is 0.479 e. The van der Waals surface area contributed by atoms with Crippen molar-refractivity contribution in [2.24, 2.45) is 0 Å². The summed E-state index contributed by atoms with van der Waals surface area (Å²) in [4.78, 5) is 34.7. The quantitative estimate of drug-likeness (QED) is 0.266. The predicted octanol–water partition coefficient (Wildman–Crippen LogP) is 5.31. The lowest BCUT2D eigenvalue weighted by molar-refractivity contribution is -0.384. The molecule has 2 N–H and O–H groups in total. The first kappa shape index (κ1) is 23.5. The van der Waals surface area contributed by atoms with Gasteiger partial charge in [0.25, 0.3) is 11.6 Å². The average Bonchev–Trinajstić information content (AvgIpc) is 2.80. The lowest BCUT2D eigenvalue weighted by atomic mass is 10.2. The van der Waals surface area contributed by atoms with Crippen LogP contribution in [0.15, 0.2) is 78.9 Å². The van der Waals surface area contributed by atoms with Gasteiger partial charge >= 0.3 is 0 Å². The van der Waals surface area contributed by atoms with Gasteiger partial charge in [-0.25, -0.2) is 0 Å². The summed E-state index contributed by atoms with van der Waals surface area (Å²) in [6, 6.07) is 19.3. The molecule has 33 heavy (non-hydrogen) atoms. The van der Waals surface area contributed by atoms with E-state index < -0.39 is 11.0 Å². The van der Waals surface area contributed by atoms with Crippen LogP contribution in [0.5, 0.6) is 5.75 Å². The molecule has 0 spiro atoms.